The smallest absolute Gasteiger partial charge is 0.241 e. The minimum atomic E-state index is -0.0491. The lowest BCUT2D eigenvalue weighted by Crippen LogP contribution is -2.37. The molecule has 16 heavy (non-hydrogen) atoms. The Labute approximate surface area is 99.6 Å². The Kier molecular flexibility index (Phi) is 11.3. The van der Waals surface area contributed by atoms with E-state index in [1.807, 2.05) is 6.92 Å². The number of amides is 2. The van der Waals surface area contributed by atoms with Gasteiger partial charge in [0, 0.05) is 27.6 Å². The summed E-state index contributed by atoms with van der Waals surface area (Å²) in [4.78, 5) is 25.4. The van der Waals surface area contributed by atoms with Gasteiger partial charge in [0.1, 0.15) is 0 Å². The Morgan fingerprint density at radius 3 is 1.69 bits per heavy atom. The van der Waals surface area contributed by atoms with Crippen LogP contribution < -0.4 is 0 Å². The van der Waals surface area contributed by atoms with Crippen molar-refractivity contribution >= 4 is 11.8 Å². The van der Waals surface area contributed by atoms with Crippen molar-refractivity contribution in [3.63, 3.8) is 0 Å². The van der Waals surface area contributed by atoms with Crippen LogP contribution in [0.25, 0.3) is 0 Å². The molecule has 0 unspecified atom stereocenters. The van der Waals surface area contributed by atoms with E-state index in [1.165, 1.54) is 16.2 Å². The zero-order valence-electron chi connectivity index (χ0n) is 11.5. The van der Waals surface area contributed by atoms with Crippen LogP contribution in [-0.2, 0) is 9.59 Å². The molecule has 0 aliphatic heterocycles. The van der Waals surface area contributed by atoms with E-state index in [2.05, 4.69) is 13.8 Å². The van der Waals surface area contributed by atoms with Crippen molar-refractivity contribution in [3.8, 4) is 0 Å². The highest BCUT2D eigenvalue weighted by atomic mass is 16.2. The molecule has 0 fully saturated rings. The summed E-state index contributed by atoms with van der Waals surface area (Å²) in [6.45, 7) is 6.37. The summed E-state index contributed by atoms with van der Waals surface area (Å²) in [5, 5.41) is 0. The lowest BCUT2D eigenvalue weighted by molar-refractivity contribution is -0.138. The molecule has 0 heterocycles. The van der Waals surface area contributed by atoms with Gasteiger partial charge in [-0.25, -0.2) is 0 Å². The van der Waals surface area contributed by atoms with Crippen LogP contribution in [0.4, 0.5) is 0 Å². The van der Waals surface area contributed by atoms with Crippen molar-refractivity contribution in [1.82, 2.24) is 9.80 Å². The van der Waals surface area contributed by atoms with Crippen LogP contribution in [0.3, 0.4) is 0 Å². The normalized spacial score (nSPS) is 8.88. The minimum Gasteiger partial charge on any atom is -0.347 e. The molecular formula is C12H26N2O2. The second kappa shape index (κ2) is 10.5. The van der Waals surface area contributed by atoms with Crippen molar-refractivity contribution in [1.29, 1.82) is 0 Å². The van der Waals surface area contributed by atoms with Crippen molar-refractivity contribution in [3.05, 3.63) is 0 Å². The van der Waals surface area contributed by atoms with Crippen LogP contribution in [0.15, 0.2) is 0 Å². The summed E-state index contributed by atoms with van der Waals surface area (Å²) >= 11 is 0. The zero-order valence-corrected chi connectivity index (χ0v) is 11.5. The summed E-state index contributed by atoms with van der Waals surface area (Å²) in [5.74, 6) is -0.0235. The van der Waals surface area contributed by atoms with Gasteiger partial charge in [-0.2, -0.15) is 0 Å². The third-order valence-electron chi connectivity index (χ3n) is 1.76. The quantitative estimate of drug-likeness (QED) is 0.738. The van der Waals surface area contributed by atoms with Crippen molar-refractivity contribution in [2.75, 3.05) is 27.7 Å². The van der Waals surface area contributed by atoms with E-state index in [-0.39, 0.29) is 18.4 Å². The molecule has 0 radical (unpaired) electrons. The first-order valence-corrected chi connectivity index (χ1v) is 5.84. The molecule has 4 heteroatoms. The van der Waals surface area contributed by atoms with Gasteiger partial charge in [0.05, 0.1) is 6.54 Å². The summed E-state index contributed by atoms with van der Waals surface area (Å²) in [5.41, 5.74) is 0. The molecule has 0 saturated heterocycles. The number of nitrogens with zero attached hydrogens (tertiary/aromatic N) is 2. The van der Waals surface area contributed by atoms with Gasteiger partial charge in [-0.3, -0.25) is 9.59 Å². The van der Waals surface area contributed by atoms with E-state index in [4.69, 9.17) is 0 Å². The number of likely N-dealkylation sites (N-methyl/N-ethyl adjacent to an activating group) is 2. The van der Waals surface area contributed by atoms with E-state index >= 15 is 0 Å². The van der Waals surface area contributed by atoms with Gasteiger partial charge >= 0.3 is 0 Å². The standard InChI is InChI=1S/C9H18N2O2.C3H8/c1-5-6-8(12)11(4)7-9(13)10(2)3;1-3-2/h5-7H2,1-4H3;3H2,1-2H3. The summed E-state index contributed by atoms with van der Waals surface area (Å²) in [6, 6.07) is 0. The number of hydrogen-bond acceptors (Lipinski definition) is 2. The van der Waals surface area contributed by atoms with Gasteiger partial charge in [-0.05, 0) is 6.42 Å². The van der Waals surface area contributed by atoms with Crippen molar-refractivity contribution < 1.29 is 9.59 Å². The molecule has 0 saturated carbocycles. The van der Waals surface area contributed by atoms with Gasteiger partial charge in [0.25, 0.3) is 0 Å². The van der Waals surface area contributed by atoms with Gasteiger partial charge in [-0.1, -0.05) is 27.2 Å². The van der Waals surface area contributed by atoms with Gasteiger partial charge in [-0.15, -0.1) is 0 Å². The Bertz CT molecular complexity index is 203. The Hall–Kier alpha value is -1.06. The zero-order chi connectivity index (χ0) is 13.1. The molecule has 0 spiro atoms. The van der Waals surface area contributed by atoms with Crippen molar-refractivity contribution in [2.45, 2.75) is 40.0 Å². The van der Waals surface area contributed by atoms with Crippen LogP contribution in [0, 0.1) is 0 Å². The second-order valence-electron chi connectivity index (χ2n) is 4.00. The summed E-state index contributed by atoms with van der Waals surface area (Å²) in [6.07, 6.45) is 2.58. The SMILES string of the molecule is CCC.CCCC(=O)N(C)CC(=O)N(C)C. The molecule has 0 N–H and O–H groups in total. The average Bonchev–Trinajstić information content (AvgIpc) is 2.18. The fraction of sp³-hybridized carbons (Fsp3) is 0.833. The predicted molar refractivity (Wildman–Crippen MR) is 67.2 cm³/mol. The fourth-order valence-corrected chi connectivity index (χ4v) is 0.837. The van der Waals surface area contributed by atoms with E-state index in [9.17, 15) is 9.59 Å². The first-order valence-electron chi connectivity index (χ1n) is 5.84. The van der Waals surface area contributed by atoms with E-state index in [1.54, 1.807) is 21.1 Å². The second-order valence-corrected chi connectivity index (χ2v) is 4.00. The van der Waals surface area contributed by atoms with E-state index in [0.29, 0.717) is 6.42 Å². The van der Waals surface area contributed by atoms with E-state index in [0.717, 1.165) is 6.42 Å². The monoisotopic (exact) mass is 230 g/mol. The van der Waals surface area contributed by atoms with Crippen LogP contribution in [0.1, 0.15) is 40.0 Å². The molecule has 0 aliphatic carbocycles. The number of rotatable bonds is 4. The number of hydrogen-bond donors (Lipinski definition) is 0. The van der Waals surface area contributed by atoms with E-state index < -0.39 is 0 Å². The largest absolute Gasteiger partial charge is 0.347 e. The highest BCUT2D eigenvalue weighted by Crippen LogP contribution is 1.95. The van der Waals surface area contributed by atoms with Crippen LogP contribution >= 0.6 is 0 Å². The minimum absolute atomic E-state index is 0.0256. The van der Waals surface area contributed by atoms with Crippen LogP contribution in [0.2, 0.25) is 0 Å². The summed E-state index contributed by atoms with van der Waals surface area (Å²) in [7, 11) is 5.01. The third kappa shape index (κ3) is 9.49. The molecule has 2 amide bonds. The first-order chi connectivity index (χ1) is 7.40. The molecule has 96 valence electrons. The Balaban J connectivity index is 0. The topological polar surface area (TPSA) is 40.6 Å². The number of carbonyl (C=O) groups is 2. The molecule has 0 rings (SSSR count). The molecule has 0 atom stereocenters. The summed E-state index contributed by atoms with van der Waals surface area (Å²) < 4.78 is 0. The Morgan fingerprint density at radius 2 is 1.38 bits per heavy atom. The fourth-order valence-electron chi connectivity index (χ4n) is 0.837. The molecule has 0 aliphatic rings. The molecular weight excluding hydrogens is 204 g/mol. The van der Waals surface area contributed by atoms with Gasteiger partial charge < -0.3 is 9.80 Å². The first kappa shape index (κ1) is 17.3. The lowest BCUT2D eigenvalue weighted by atomic mass is 10.3. The van der Waals surface area contributed by atoms with Gasteiger partial charge in [0.2, 0.25) is 11.8 Å². The molecule has 0 aromatic carbocycles. The van der Waals surface area contributed by atoms with Crippen LogP contribution in [-0.4, -0.2) is 49.3 Å². The molecule has 0 aromatic rings. The maximum absolute atomic E-state index is 11.3. The van der Waals surface area contributed by atoms with Crippen molar-refractivity contribution in [2.24, 2.45) is 0 Å². The predicted octanol–water partition coefficient (Wildman–Crippen LogP) is 1.75. The molecule has 4 nitrogen and oxygen atoms in total. The average molecular weight is 230 g/mol. The highest BCUT2D eigenvalue weighted by molar-refractivity contribution is 5.84. The van der Waals surface area contributed by atoms with Crippen LogP contribution in [0.5, 0.6) is 0 Å². The third-order valence-corrected chi connectivity index (χ3v) is 1.76. The number of carbonyl (C=O) groups excluding carboxylic acids is 2. The Morgan fingerprint density at radius 1 is 0.938 bits per heavy atom. The van der Waals surface area contributed by atoms with Gasteiger partial charge in [0.15, 0.2) is 0 Å². The molecule has 0 aromatic heterocycles. The molecule has 0 bridgehead atoms. The maximum atomic E-state index is 11.3. The maximum Gasteiger partial charge on any atom is 0.241 e. The highest BCUT2D eigenvalue weighted by Gasteiger charge is 2.12. The lowest BCUT2D eigenvalue weighted by Gasteiger charge is -2.18.